The zero-order valence-corrected chi connectivity index (χ0v) is 7.50. The molecule has 0 aliphatic heterocycles. The monoisotopic (exact) mass is 171 g/mol. The van der Waals surface area contributed by atoms with Gasteiger partial charge in [-0.05, 0) is 12.3 Å². The van der Waals surface area contributed by atoms with Gasteiger partial charge in [-0.2, -0.15) is 0 Å². The summed E-state index contributed by atoms with van der Waals surface area (Å²) in [7, 11) is 0. The Bertz CT molecular complexity index is 232. The summed E-state index contributed by atoms with van der Waals surface area (Å²) in [6, 6.07) is 0. The molecule has 0 N–H and O–H groups in total. The Kier molecular flexibility index (Phi) is 3.19. The first kappa shape index (κ1) is 9.16. The second-order valence-corrected chi connectivity index (χ2v) is 3.08. The van der Waals surface area contributed by atoms with Crippen molar-refractivity contribution in [1.29, 1.82) is 0 Å². The smallest absolute Gasteiger partial charge is 0.0912 e. The summed E-state index contributed by atoms with van der Waals surface area (Å²) in [4.78, 5) is 0. The van der Waals surface area contributed by atoms with E-state index in [-0.39, 0.29) is 6.67 Å². The zero-order valence-electron chi connectivity index (χ0n) is 7.50. The Balaban J connectivity index is 2.64. The van der Waals surface area contributed by atoms with E-state index in [2.05, 4.69) is 24.2 Å². The molecule has 0 saturated heterocycles. The predicted molar refractivity (Wildman–Crippen MR) is 44.7 cm³/mol. The normalized spacial score (nSPS) is 11.0. The minimum absolute atomic E-state index is 0.294. The van der Waals surface area contributed by atoms with Gasteiger partial charge in [0.05, 0.1) is 18.6 Å². The fourth-order valence-corrected chi connectivity index (χ4v) is 1.10. The summed E-state index contributed by atoms with van der Waals surface area (Å²) < 4.78 is 13.6. The van der Waals surface area contributed by atoms with Gasteiger partial charge in [0.2, 0.25) is 0 Å². The Morgan fingerprint density at radius 2 is 2.33 bits per heavy atom. The summed E-state index contributed by atoms with van der Waals surface area (Å²) in [5, 5.41) is 7.66. The van der Waals surface area contributed by atoms with Gasteiger partial charge in [0.25, 0.3) is 0 Å². The van der Waals surface area contributed by atoms with E-state index in [0.29, 0.717) is 18.9 Å². The Morgan fingerprint density at radius 3 is 2.92 bits per heavy atom. The number of aromatic nitrogens is 3. The van der Waals surface area contributed by atoms with Gasteiger partial charge < -0.3 is 0 Å². The number of hydrogen-bond donors (Lipinski definition) is 0. The van der Waals surface area contributed by atoms with Crippen LogP contribution in [0.25, 0.3) is 0 Å². The van der Waals surface area contributed by atoms with E-state index in [9.17, 15) is 4.39 Å². The van der Waals surface area contributed by atoms with Gasteiger partial charge in [-0.15, -0.1) is 5.10 Å². The highest BCUT2D eigenvalue weighted by Crippen LogP contribution is 2.11. The van der Waals surface area contributed by atoms with Crippen LogP contribution >= 0.6 is 0 Å². The van der Waals surface area contributed by atoms with Gasteiger partial charge in [0.15, 0.2) is 0 Å². The largest absolute Gasteiger partial charge is 0.251 e. The molecule has 1 rings (SSSR count). The van der Waals surface area contributed by atoms with E-state index in [4.69, 9.17) is 0 Å². The molecule has 0 aromatic carbocycles. The van der Waals surface area contributed by atoms with Crippen LogP contribution in [0.1, 0.15) is 31.9 Å². The fraction of sp³-hybridized carbons (Fsp3) is 0.750. The molecule has 12 heavy (non-hydrogen) atoms. The standard InChI is InChI=1S/C8H14FN3/c1-7(2)8-6-10-11-12(8)5-3-4-9/h6-7H,3-5H2,1-2H3. The van der Waals surface area contributed by atoms with Crippen LogP contribution < -0.4 is 0 Å². The Hall–Kier alpha value is -0.930. The molecule has 68 valence electrons. The molecule has 1 aromatic rings. The molecule has 0 amide bonds. The average molecular weight is 171 g/mol. The summed E-state index contributed by atoms with van der Waals surface area (Å²) in [5.74, 6) is 0.402. The third kappa shape index (κ3) is 2.03. The van der Waals surface area contributed by atoms with Gasteiger partial charge in [-0.25, -0.2) is 4.68 Å². The minimum Gasteiger partial charge on any atom is -0.251 e. The van der Waals surface area contributed by atoms with Crippen LogP contribution in [0.3, 0.4) is 0 Å². The Morgan fingerprint density at radius 1 is 1.58 bits per heavy atom. The maximum Gasteiger partial charge on any atom is 0.0912 e. The average Bonchev–Trinajstić information content (AvgIpc) is 2.48. The molecule has 0 fully saturated rings. The molecule has 0 radical (unpaired) electrons. The van der Waals surface area contributed by atoms with Crippen molar-refractivity contribution in [2.45, 2.75) is 32.7 Å². The topological polar surface area (TPSA) is 30.7 Å². The van der Waals surface area contributed by atoms with E-state index in [0.717, 1.165) is 5.69 Å². The summed E-state index contributed by atoms with van der Waals surface area (Å²) >= 11 is 0. The highest BCUT2D eigenvalue weighted by molar-refractivity contribution is 4.99. The first-order valence-electron chi connectivity index (χ1n) is 4.20. The molecule has 0 unspecified atom stereocenters. The second-order valence-electron chi connectivity index (χ2n) is 3.08. The van der Waals surface area contributed by atoms with Crippen molar-refractivity contribution in [1.82, 2.24) is 15.0 Å². The molecule has 4 heteroatoms. The molecule has 3 nitrogen and oxygen atoms in total. The SMILES string of the molecule is CC(C)c1cnnn1CCCF. The van der Waals surface area contributed by atoms with Crippen molar-refractivity contribution < 1.29 is 4.39 Å². The van der Waals surface area contributed by atoms with Crippen molar-refractivity contribution in [2.24, 2.45) is 0 Å². The number of rotatable bonds is 4. The molecular formula is C8H14FN3. The van der Waals surface area contributed by atoms with Crippen molar-refractivity contribution in [3.8, 4) is 0 Å². The highest BCUT2D eigenvalue weighted by Gasteiger charge is 2.06. The predicted octanol–water partition coefficient (Wildman–Crippen LogP) is 1.76. The van der Waals surface area contributed by atoms with E-state index >= 15 is 0 Å². The van der Waals surface area contributed by atoms with Gasteiger partial charge >= 0.3 is 0 Å². The summed E-state index contributed by atoms with van der Waals surface area (Å²) in [6.45, 7) is 4.48. The molecule has 0 atom stereocenters. The van der Waals surface area contributed by atoms with Crippen molar-refractivity contribution in [3.05, 3.63) is 11.9 Å². The van der Waals surface area contributed by atoms with Gasteiger partial charge in [0, 0.05) is 6.54 Å². The van der Waals surface area contributed by atoms with Crippen LogP contribution in [0.5, 0.6) is 0 Å². The first-order valence-corrected chi connectivity index (χ1v) is 4.20. The molecular weight excluding hydrogens is 157 g/mol. The third-order valence-corrected chi connectivity index (χ3v) is 1.74. The highest BCUT2D eigenvalue weighted by atomic mass is 19.1. The second kappa shape index (κ2) is 4.18. The van der Waals surface area contributed by atoms with Gasteiger partial charge in [-0.3, -0.25) is 4.39 Å². The first-order chi connectivity index (χ1) is 5.75. The fourth-order valence-electron chi connectivity index (χ4n) is 1.10. The zero-order chi connectivity index (χ0) is 8.97. The van der Waals surface area contributed by atoms with Crippen molar-refractivity contribution >= 4 is 0 Å². The molecule has 0 saturated carbocycles. The van der Waals surface area contributed by atoms with Crippen LogP contribution in [-0.2, 0) is 6.54 Å². The van der Waals surface area contributed by atoms with E-state index in [1.807, 2.05) is 0 Å². The molecule has 0 spiro atoms. The third-order valence-electron chi connectivity index (χ3n) is 1.74. The lowest BCUT2D eigenvalue weighted by atomic mass is 10.1. The van der Waals surface area contributed by atoms with Crippen LogP contribution in [0.4, 0.5) is 4.39 Å². The molecule has 0 aliphatic carbocycles. The van der Waals surface area contributed by atoms with Crippen LogP contribution in [0, 0.1) is 0 Å². The van der Waals surface area contributed by atoms with E-state index in [1.54, 1.807) is 10.9 Å². The number of nitrogens with zero attached hydrogens (tertiary/aromatic N) is 3. The van der Waals surface area contributed by atoms with Crippen molar-refractivity contribution in [2.75, 3.05) is 6.67 Å². The summed E-state index contributed by atoms with van der Waals surface area (Å²) in [6.07, 6.45) is 2.26. The quantitative estimate of drug-likeness (QED) is 0.691. The molecule has 0 bridgehead atoms. The van der Waals surface area contributed by atoms with E-state index < -0.39 is 0 Å². The molecule has 1 heterocycles. The number of hydrogen-bond acceptors (Lipinski definition) is 2. The van der Waals surface area contributed by atoms with Gasteiger partial charge in [-0.1, -0.05) is 19.1 Å². The molecule has 1 aromatic heterocycles. The van der Waals surface area contributed by atoms with Crippen LogP contribution in [-0.4, -0.2) is 21.7 Å². The summed E-state index contributed by atoms with van der Waals surface area (Å²) in [5.41, 5.74) is 1.07. The number of halogens is 1. The maximum absolute atomic E-state index is 11.9. The number of aryl methyl sites for hydroxylation is 1. The maximum atomic E-state index is 11.9. The number of alkyl halides is 1. The lowest BCUT2D eigenvalue weighted by Crippen LogP contribution is -2.06. The van der Waals surface area contributed by atoms with Gasteiger partial charge in [0.1, 0.15) is 0 Å². The lowest BCUT2D eigenvalue weighted by Gasteiger charge is -2.06. The van der Waals surface area contributed by atoms with Crippen LogP contribution in [0.15, 0.2) is 6.20 Å². The van der Waals surface area contributed by atoms with Crippen LogP contribution in [0.2, 0.25) is 0 Å². The van der Waals surface area contributed by atoms with E-state index in [1.165, 1.54) is 0 Å². The van der Waals surface area contributed by atoms with Crippen molar-refractivity contribution in [3.63, 3.8) is 0 Å². The molecule has 0 aliphatic rings. The Labute approximate surface area is 71.6 Å². The lowest BCUT2D eigenvalue weighted by molar-refractivity contribution is 0.423. The minimum atomic E-state index is -0.294.